The van der Waals surface area contributed by atoms with Gasteiger partial charge in [-0.05, 0) is 44.2 Å². The molecule has 1 aromatic rings. The number of carbonyl (C=O) groups excluding carboxylic acids is 3. The number of anilines is 1. The summed E-state index contributed by atoms with van der Waals surface area (Å²) < 4.78 is 6.76. The highest BCUT2D eigenvalue weighted by atomic mass is 79.9. The molecule has 3 fully saturated rings. The molecule has 0 aliphatic carbocycles. The molecular weight excluding hydrogens is 598 g/mol. The molecule has 3 saturated heterocycles. The Hall–Kier alpha value is -2.49. The highest BCUT2D eigenvalue weighted by Crippen LogP contribution is 2.61. The molecule has 3 aliphatic rings. The number of alkyl halides is 1. The third kappa shape index (κ3) is 5.60. The number of hydrogen-bond donors (Lipinski definition) is 1. The van der Waals surface area contributed by atoms with E-state index in [1.165, 1.54) is 0 Å². The van der Waals surface area contributed by atoms with E-state index in [1.807, 2.05) is 51.1 Å². The second-order valence-electron chi connectivity index (χ2n) is 12.4. The molecule has 8 atom stereocenters. The Balaban J connectivity index is 1.84. The van der Waals surface area contributed by atoms with Crippen LogP contribution in [0.2, 0.25) is 0 Å². The summed E-state index contributed by atoms with van der Waals surface area (Å²) in [6.07, 6.45) is 5.44. The quantitative estimate of drug-likeness (QED) is 0.237. The van der Waals surface area contributed by atoms with Gasteiger partial charge in [0.15, 0.2) is 0 Å². The van der Waals surface area contributed by atoms with Crippen molar-refractivity contribution in [3.63, 3.8) is 0 Å². The molecule has 9 heteroatoms. The van der Waals surface area contributed by atoms with E-state index in [-0.39, 0.29) is 47.7 Å². The first-order valence-electron chi connectivity index (χ1n) is 15.2. The van der Waals surface area contributed by atoms with Gasteiger partial charge in [-0.15, -0.1) is 13.2 Å². The summed E-state index contributed by atoms with van der Waals surface area (Å²) in [6, 6.07) is 7.72. The predicted octanol–water partition coefficient (Wildman–Crippen LogP) is 4.56. The van der Waals surface area contributed by atoms with Gasteiger partial charge in [-0.25, -0.2) is 0 Å². The number of aliphatic hydroxyl groups excluding tert-OH is 1. The van der Waals surface area contributed by atoms with Gasteiger partial charge in [-0.3, -0.25) is 14.4 Å². The van der Waals surface area contributed by atoms with Gasteiger partial charge in [0.25, 0.3) is 0 Å². The fraction of sp³-hybridized carbons (Fsp3) is 0.606. The Morgan fingerprint density at radius 2 is 1.83 bits per heavy atom. The lowest BCUT2D eigenvalue weighted by molar-refractivity contribution is -0.152. The zero-order valence-corrected chi connectivity index (χ0v) is 26.9. The zero-order chi connectivity index (χ0) is 30.8. The number of ether oxygens (including phenoxy) is 1. The van der Waals surface area contributed by atoms with Gasteiger partial charge in [-0.1, -0.05) is 73.5 Å². The van der Waals surface area contributed by atoms with Crippen LogP contribution in [0.1, 0.15) is 53.4 Å². The monoisotopic (exact) mass is 643 g/mol. The molecule has 2 bridgehead atoms. The lowest BCUT2D eigenvalue weighted by Gasteiger charge is -2.41. The molecule has 8 nitrogen and oxygen atoms in total. The third-order valence-corrected chi connectivity index (χ3v) is 9.93. The maximum atomic E-state index is 14.7. The predicted molar refractivity (Wildman–Crippen MR) is 168 cm³/mol. The average molecular weight is 645 g/mol. The van der Waals surface area contributed by atoms with Crippen LogP contribution in [0, 0.1) is 17.8 Å². The smallest absolute Gasteiger partial charge is 0.248 e. The van der Waals surface area contributed by atoms with Crippen LogP contribution >= 0.6 is 15.9 Å². The number of nitrogens with zero attached hydrogens (tertiary/aromatic N) is 3. The van der Waals surface area contributed by atoms with Crippen molar-refractivity contribution in [1.82, 2.24) is 9.80 Å². The molecule has 0 aromatic heterocycles. The first-order chi connectivity index (χ1) is 20.1. The highest BCUT2D eigenvalue weighted by molar-refractivity contribution is 9.09. The maximum Gasteiger partial charge on any atom is 0.248 e. The molecule has 4 unspecified atom stereocenters. The van der Waals surface area contributed by atoms with E-state index in [1.54, 1.807) is 26.9 Å². The number of hydrogen-bond acceptors (Lipinski definition) is 5. The molecule has 1 N–H and O–H groups in total. The van der Waals surface area contributed by atoms with Crippen LogP contribution < -0.4 is 4.90 Å². The van der Waals surface area contributed by atoms with Gasteiger partial charge in [0, 0.05) is 29.6 Å². The summed E-state index contributed by atoms with van der Waals surface area (Å²) in [5.41, 5.74) is -0.488. The van der Waals surface area contributed by atoms with Gasteiger partial charge in [0.1, 0.15) is 11.6 Å². The standard InChI is InChI=1S/C33H46BrN3O5/c1-7-13-22(6)35(16-8-2)32(41)29-33-19-25(34)28(42-33)26(27(33)31(40)37(29)24(20-38)18-21(4)5)30(39)36(17-9-3)23-14-11-10-12-15-23/h8-12,14-15,21-22,24-29,38H,2-3,7,13,16-20H2,1,4-6H3/t22?,24-,25?,26+,27+,28+,29?,33?/m1/s1. The number of para-hydroxylation sites is 1. The Labute approximate surface area is 258 Å². The van der Waals surface area contributed by atoms with Crippen LogP contribution in [-0.4, -0.2) is 87.0 Å². The third-order valence-electron chi connectivity index (χ3n) is 9.09. The van der Waals surface area contributed by atoms with Crippen LogP contribution in [0.4, 0.5) is 5.69 Å². The second-order valence-corrected chi connectivity index (χ2v) is 13.5. The van der Waals surface area contributed by atoms with Crippen LogP contribution in [-0.2, 0) is 19.1 Å². The minimum atomic E-state index is -1.19. The van der Waals surface area contributed by atoms with E-state index in [9.17, 15) is 19.5 Å². The van der Waals surface area contributed by atoms with E-state index in [0.717, 1.165) is 12.8 Å². The fourth-order valence-electron chi connectivity index (χ4n) is 7.44. The molecule has 1 spiro atoms. The Morgan fingerprint density at radius 1 is 1.17 bits per heavy atom. The van der Waals surface area contributed by atoms with Crippen LogP contribution in [0.25, 0.3) is 0 Å². The Kier molecular flexibility index (Phi) is 10.4. The summed E-state index contributed by atoms with van der Waals surface area (Å²) >= 11 is 3.78. The number of carbonyl (C=O) groups is 3. The number of fused-ring (bicyclic) bond motifs is 1. The van der Waals surface area contributed by atoms with Crippen molar-refractivity contribution in [1.29, 1.82) is 0 Å². The number of benzene rings is 1. The molecule has 230 valence electrons. The van der Waals surface area contributed by atoms with Crippen molar-refractivity contribution in [3.8, 4) is 0 Å². The van der Waals surface area contributed by atoms with Crippen molar-refractivity contribution in [2.24, 2.45) is 17.8 Å². The summed E-state index contributed by atoms with van der Waals surface area (Å²) in [7, 11) is 0. The van der Waals surface area contributed by atoms with Gasteiger partial charge in [-0.2, -0.15) is 0 Å². The molecular formula is C33H46BrN3O5. The summed E-state index contributed by atoms with van der Waals surface area (Å²) in [6.45, 7) is 16.2. The highest BCUT2D eigenvalue weighted by Gasteiger charge is 2.77. The van der Waals surface area contributed by atoms with Crippen LogP contribution in [0.15, 0.2) is 55.6 Å². The van der Waals surface area contributed by atoms with E-state index >= 15 is 0 Å². The van der Waals surface area contributed by atoms with E-state index < -0.39 is 35.6 Å². The molecule has 4 rings (SSSR count). The summed E-state index contributed by atoms with van der Waals surface area (Å²) in [4.78, 5) is 48.5. The Bertz CT molecular complexity index is 1160. The minimum absolute atomic E-state index is 0.0810. The Morgan fingerprint density at radius 3 is 2.40 bits per heavy atom. The SMILES string of the molecule is C=CCN(C(=O)[C@H]1[C@H]2C(=O)N([C@@H](CO)CC(C)C)C(C(=O)N(CC=C)C(C)CCC)C23CC(Br)[C@@H]1O3)c1ccccc1. The van der Waals surface area contributed by atoms with Crippen LogP contribution in [0.5, 0.6) is 0 Å². The number of halogens is 1. The minimum Gasteiger partial charge on any atom is -0.394 e. The van der Waals surface area contributed by atoms with E-state index in [2.05, 4.69) is 36.0 Å². The fourth-order valence-corrected chi connectivity index (χ4v) is 8.38. The summed E-state index contributed by atoms with van der Waals surface area (Å²) in [5.74, 6) is -2.20. The van der Waals surface area contributed by atoms with E-state index in [4.69, 9.17) is 4.74 Å². The molecule has 0 radical (unpaired) electrons. The van der Waals surface area contributed by atoms with Gasteiger partial charge in [0.05, 0.1) is 30.6 Å². The summed E-state index contributed by atoms with van der Waals surface area (Å²) in [5, 5.41) is 10.6. The molecule has 3 heterocycles. The second kappa shape index (κ2) is 13.4. The lowest BCUT2D eigenvalue weighted by atomic mass is 9.70. The van der Waals surface area contributed by atoms with Crippen molar-refractivity contribution < 1.29 is 24.2 Å². The topological polar surface area (TPSA) is 90.4 Å². The van der Waals surface area contributed by atoms with Gasteiger partial charge in [0.2, 0.25) is 17.7 Å². The lowest BCUT2D eigenvalue weighted by Crippen LogP contribution is -2.60. The van der Waals surface area contributed by atoms with Gasteiger partial charge >= 0.3 is 0 Å². The maximum absolute atomic E-state index is 14.7. The van der Waals surface area contributed by atoms with Crippen molar-refractivity contribution in [3.05, 3.63) is 55.6 Å². The number of rotatable bonds is 14. The molecule has 42 heavy (non-hydrogen) atoms. The number of aliphatic hydroxyl groups is 1. The molecule has 0 saturated carbocycles. The molecule has 1 aromatic carbocycles. The largest absolute Gasteiger partial charge is 0.394 e. The number of likely N-dealkylation sites (tertiary alicyclic amines) is 1. The number of amides is 3. The molecule has 3 amide bonds. The first kappa shape index (κ1) is 32.4. The van der Waals surface area contributed by atoms with E-state index in [0.29, 0.717) is 25.1 Å². The van der Waals surface area contributed by atoms with Gasteiger partial charge < -0.3 is 24.5 Å². The average Bonchev–Trinajstić information content (AvgIpc) is 3.56. The molecule has 3 aliphatic heterocycles. The van der Waals surface area contributed by atoms with Crippen LogP contribution in [0.3, 0.4) is 0 Å². The zero-order valence-electron chi connectivity index (χ0n) is 25.3. The first-order valence-corrected chi connectivity index (χ1v) is 16.1. The van der Waals surface area contributed by atoms with Crippen molar-refractivity contribution in [2.75, 3.05) is 24.6 Å². The normalized spacial score (nSPS) is 29.4. The van der Waals surface area contributed by atoms with Crippen molar-refractivity contribution >= 4 is 39.3 Å². The van der Waals surface area contributed by atoms with Crippen molar-refractivity contribution in [2.45, 2.75) is 88.0 Å².